The minimum atomic E-state index is 0.186. The lowest BCUT2D eigenvalue weighted by molar-refractivity contribution is 0.475. The first-order valence-electron chi connectivity index (χ1n) is 7.36. The molecule has 2 aromatic carbocycles. The van der Waals surface area contributed by atoms with Gasteiger partial charge >= 0.3 is 0 Å². The van der Waals surface area contributed by atoms with Gasteiger partial charge in [0.1, 0.15) is 17.1 Å². The van der Waals surface area contributed by atoms with E-state index in [1.54, 1.807) is 24.4 Å². The van der Waals surface area contributed by atoms with Gasteiger partial charge in [0.25, 0.3) is 0 Å². The molecule has 0 amide bonds. The highest BCUT2D eigenvalue weighted by Crippen LogP contribution is 2.30. The van der Waals surface area contributed by atoms with E-state index in [1.807, 2.05) is 36.4 Å². The maximum atomic E-state index is 9.59. The molecule has 24 heavy (non-hydrogen) atoms. The average Bonchev–Trinajstić information content (AvgIpc) is 3.00. The smallest absolute Gasteiger partial charge is 0.158 e. The fraction of sp³-hybridized carbons (Fsp3) is 0. The van der Waals surface area contributed by atoms with Crippen molar-refractivity contribution in [1.29, 1.82) is 0 Å². The number of benzene rings is 2. The van der Waals surface area contributed by atoms with Gasteiger partial charge in [-0.15, -0.1) is 0 Å². The van der Waals surface area contributed by atoms with E-state index in [4.69, 9.17) is 11.6 Å². The van der Waals surface area contributed by atoms with Crippen molar-refractivity contribution in [2.75, 3.05) is 5.32 Å². The predicted molar refractivity (Wildman–Crippen MR) is 95.7 cm³/mol. The van der Waals surface area contributed by atoms with Gasteiger partial charge in [-0.2, -0.15) is 0 Å². The van der Waals surface area contributed by atoms with Crippen molar-refractivity contribution in [1.82, 2.24) is 15.0 Å². The number of nitrogens with zero attached hydrogens (tertiary/aromatic N) is 2. The second kappa shape index (κ2) is 5.86. The number of pyridine rings is 1. The Balaban J connectivity index is 1.79. The van der Waals surface area contributed by atoms with Crippen molar-refractivity contribution in [3.8, 4) is 17.1 Å². The molecule has 2 heterocycles. The monoisotopic (exact) mass is 336 g/mol. The number of anilines is 2. The van der Waals surface area contributed by atoms with Gasteiger partial charge in [-0.25, -0.2) is 9.97 Å². The van der Waals surface area contributed by atoms with Crippen LogP contribution in [0.5, 0.6) is 5.75 Å². The Morgan fingerprint density at radius 1 is 1.04 bits per heavy atom. The third kappa shape index (κ3) is 2.66. The molecule has 0 radical (unpaired) electrons. The maximum Gasteiger partial charge on any atom is 0.158 e. The Morgan fingerprint density at radius 3 is 2.75 bits per heavy atom. The number of hydrogen-bond donors (Lipinski definition) is 3. The molecule has 6 heteroatoms. The topological polar surface area (TPSA) is 73.8 Å². The summed E-state index contributed by atoms with van der Waals surface area (Å²) in [4.78, 5) is 12.3. The highest BCUT2D eigenvalue weighted by Gasteiger charge is 2.12. The Labute approximate surface area is 143 Å². The highest BCUT2D eigenvalue weighted by atomic mass is 35.5. The number of aromatic hydroxyl groups is 1. The van der Waals surface area contributed by atoms with Crippen LogP contribution in [0, 0.1) is 0 Å². The van der Waals surface area contributed by atoms with Crippen molar-refractivity contribution < 1.29 is 5.11 Å². The van der Waals surface area contributed by atoms with Crippen LogP contribution in [0.4, 0.5) is 11.5 Å². The van der Waals surface area contributed by atoms with E-state index in [-0.39, 0.29) is 5.75 Å². The molecule has 3 N–H and O–H groups in total. The first kappa shape index (κ1) is 14.5. The molecule has 0 unspecified atom stereocenters. The van der Waals surface area contributed by atoms with Crippen LogP contribution in [-0.2, 0) is 0 Å². The Bertz CT molecular complexity index is 1030. The van der Waals surface area contributed by atoms with Crippen LogP contribution in [0.1, 0.15) is 0 Å². The molecule has 0 bridgehead atoms. The van der Waals surface area contributed by atoms with E-state index in [0.717, 1.165) is 16.8 Å². The summed E-state index contributed by atoms with van der Waals surface area (Å²) >= 11 is 6.25. The van der Waals surface area contributed by atoms with Gasteiger partial charge in [-0.1, -0.05) is 29.8 Å². The lowest BCUT2D eigenvalue weighted by atomic mass is 10.2. The summed E-state index contributed by atoms with van der Waals surface area (Å²) in [6.45, 7) is 0. The number of aromatic amines is 1. The molecule has 118 valence electrons. The van der Waals surface area contributed by atoms with Crippen LogP contribution in [0.2, 0.25) is 5.02 Å². The summed E-state index contributed by atoms with van der Waals surface area (Å²) in [5, 5.41) is 13.4. The second-order valence-electron chi connectivity index (χ2n) is 5.30. The fourth-order valence-electron chi connectivity index (χ4n) is 2.53. The molecule has 0 fully saturated rings. The van der Waals surface area contributed by atoms with E-state index in [0.29, 0.717) is 22.2 Å². The Morgan fingerprint density at radius 2 is 1.92 bits per heavy atom. The number of hydrogen-bond acceptors (Lipinski definition) is 4. The third-order valence-electron chi connectivity index (χ3n) is 3.64. The SMILES string of the molecule is Oc1cccc(Nc2nccc3[nH]c(-c4ccccc4Cl)nc23)c1. The summed E-state index contributed by atoms with van der Waals surface area (Å²) in [7, 11) is 0. The lowest BCUT2D eigenvalue weighted by Gasteiger charge is -2.06. The van der Waals surface area contributed by atoms with Gasteiger partial charge in [-0.05, 0) is 30.3 Å². The standard InChI is InChI=1S/C18H13ClN4O/c19-14-7-2-1-6-13(14)17-22-15-8-9-20-18(16(15)23-17)21-11-4-3-5-12(24)10-11/h1-10,24H,(H,20,21)(H,22,23). The number of H-pyrrole nitrogens is 1. The quantitative estimate of drug-likeness (QED) is 0.505. The van der Waals surface area contributed by atoms with Crippen LogP contribution < -0.4 is 5.32 Å². The number of aromatic nitrogens is 3. The van der Waals surface area contributed by atoms with Gasteiger partial charge in [0.2, 0.25) is 0 Å². The molecule has 0 aliphatic carbocycles. The summed E-state index contributed by atoms with van der Waals surface area (Å²) in [5.74, 6) is 1.47. The van der Waals surface area contributed by atoms with Crippen molar-refractivity contribution in [3.05, 3.63) is 65.8 Å². The first-order valence-corrected chi connectivity index (χ1v) is 7.74. The van der Waals surface area contributed by atoms with Crippen molar-refractivity contribution in [2.24, 2.45) is 0 Å². The zero-order valence-electron chi connectivity index (χ0n) is 12.5. The molecule has 0 atom stereocenters. The number of nitrogens with one attached hydrogen (secondary N) is 2. The normalized spacial score (nSPS) is 10.9. The molecule has 4 rings (SSSR count). The van der Waals surface area contributed by atoms with Gasteiger partial charge in [-0.3, -0.25) is 0 Å². The van der Waals surface area contributed by atoms with Crippen LogP contribution in [0.25, 0.3) is 22.4 Å². The zero-order chi connectivity index (χ0) is 16.5. The largest absolute Gasteiger partial charge is 0.508 e. The Kier molecular flexibility index (Phi) is 3.55. The summed E-state index contributed by atoms with van der Waals surface area (Å²) < 4.78 is 0. The molecule has 0 saturated heterocycles. The number of fused-ring (bicyclic) bond motifs is 1. The molecule has 5 nitrogen and oxygen atoms in total. The molecule has 0 spiro atoms. The zero-order valence-corrected chi connectivity index (χ0v) is 13.2. The van der Waals surface area contributed by atoms with Crippen molar-refractivity contribution in [2.45, 2.75) is 0 Å². The highest BCUT2D eigenvalue weighted by molar-refractivity contribution is 6.33. The maximum absolute atomic E-state index is 9.59. The molecule has 4 aromatic rings. The van der Waals surface area contributed by atoms with Gasteiger partial charge in [0, 0.05) is 23.5 Å². The first-order chi connectivity index (χ1) is 11.7. The third-order valence-corrected chi connectivity index (χ3v) is 3.97. The second-order valence-corrected chi connectivity index (χ2v) is 5.70. The van der Waals surface area contributed by atoms with Gasteiger partial charge in [0.05, 0.1) is 10.5 Å². The van der Waals surface area contributed by atoms with Gasteiger partial charge < -0.3 is 15.4 Å². The number of halogens is 1. The summed E-state index contributed by atoms with van der Waals surface area (Å²) in [5.41, 5.74) is 3.12. The van der Waals surface area contributed by atoms with Crippen LogP contribution >= 0.6 is 11.6 Å². The molecular weight excluding hydrogens is 324 g/mol. The van der Waals surface area contributed by atoms with E-state index in [2.05, 4.69) is 20.3 Å². The minimum absolute atomic E-state index is 0.186. The molecular formula is C18H13ClN4O. The van der Waals surface area contributed by atoms with Gasteiger partial charge in [0.15, 0.2) is 5.82 Å². The van der Waals surface area contributed by atoms with E-state index in [9.17, 15) is 5.11 Å². The van der Waals surface area contributed by atoms with Crippen molar-refractivity contribution >= 4 is 34.1 Å². The molecule has 0 aliphatic heterocycles. The molecule has 2 aromatic heterocycles. The van der Waals surface area contributed by atoms with E-state index in [1.165, 1.54) is 0 Å². The van der Waals surface area contributed by atoms with Crippen LogP contribution in [0.3, 0.4) is 0 Å². The fourth-order valence-corrected chi connectivity index (χ4v) is 2.75. The van der Waals surface area contributed by atoms with Crippen LogP contribution in [-0.4, -0.2) is 20.1 Å². The Hall–Kier alpha value is -3.05. The number of rotatable bonds is 3. The number of phenols is 1. The number of imidazole rings is 1. The minimum Gasteiger partial charge on any atom is -0.508 e. The van der Waals surface area contributed by atoms with Crippen LogP contribution in [0.15, 0.2) is 60.8 Å². The van der Waals surface area contributed by atoms with Crippen molar-refractivity contribution in [3.63, 3.8) is 0 Å². The number of phenolic OH excluding ortho intramolecular Hbond substituents is 1. The lowest BCUT2D eigenvalue weighted by Crippen LogP contribution is -1.94. The predicted octanol–water partition coefficient (Wildman–Crippen LogP) is 4.73. The van der Waals surface area contributed by atoms with E-state index < -0.39 is 0 Å². The molecule has 0 aliphatic rings. The molecule has 0 saturated carbocycles. The summed E-state index contributed by atoms with van der Waals surface area (Å²) in [6.07, 6.45) is 1.70. The average molecular weight is 337 g/mol. The summed E-state index contributed by atoms with van der Waals surface area (Å²) in [6, 6.07) is 16.2. The van der Waals surface area contributed by atoms with E-state index >= 15 is 0 Å².